The Bertz CT molecular complexity index is 1480. The summed E-state index contributed by atoms with van der Waals surface area (Å²) in [4.78, 5) is 51.5. The number of anilines is 1. The second-order valence-corrected chi connectivity index (χ2v) is 15.6. The van der Waals surface area contributed by atoms with Gasteiger partial charge in [0.05, 0.1) is 0 Å². The highest BCUT2D eigenvalue weighted by Gasteiger charge is 2.37. The van der Waals surface area contributed by atoms with Crippen molar-refractivity contribution >= 4 is 55.6 Å². The molecule has 1 unspecified atom stereocenters. The van der Waals surface area contributed by atoms with Crippen molar-refractivity contribution in [3.63, 3.8) is 0 Å². The van der Waals surface area contributed by atoms with Gasteiger partial charge in [-0.25, -0.2) is 9.59 Å². The van der Waals surface area contributed by atoms with Gasteiger partial charge >= 0.3 is 12.1 Å². The lowest BCUT2D eigenvalue weighted by Gasteiger charge is -2.43. The molecule has 2 aromatic carbocycles. The van der Waals surface area contributed by atoms with Crippen LogP contribution in [0.25, 0.3) is 0 Å². The monoisotopic (exact) mass is 784 g/mol. The average molecular weight is 787 g/mol. The van der Waals surface area contributed by atoms with Gasteiger partial charge in [-0.05, 0) is 106 Å². The smallest absolute Gasteiger partial charge is 0.410 e. The van der Waals surface area contributed by atoms with E-state index in [4.69, 9.17) is 4.74 Å². The van der Waals surface area contributed by atoms with E-state index in [0.29, 0.717) is 58.0 Å². The summed E-state index contributed by atoms with van der Waals surface area (Å²) in [6.45, 7) is 7.48. The van der Waals surface area contributed by atoms with Crippen molar-refractivity contribution in [3.8, 4) is 0 Å². The Morgan fingerprint density at radius 1 is 0.750 bits per heavy atom. The number of likely N-dealkylation sites (tertiary alicyclic amines) is 2. The van der Waals surface area contributed by atoms with Gasteiger partial charge in [-0.1, -0.05) is 24.3 Å². The molecule has 0 aromatic heterocycles. The first kappa shape index (κ1) is 33.8. The third-order valence-corrected chi connectivity index (χ3v) is 12.8. The normalized spacial score (nSPS) is 22.5. The summed E-state index contributed by atoms with van der Waals surface area (Å²) in [6, 6.07) is 15.1. The van der Waals surface area contributed by atoms with Crippen LogP contribution in [0.3, 0.4) is 0 Å². The van der Waals surface area contributed by atoms with Crippen LogP contribution in [-0.2, 0) is 22.4 Å². The molecule has 0 spiro atoms. The number of fused-ring (bicyclic) bond motifs is 1. The molecule has 258 valence electrons. The number of rotatable bonds is 7. The Kier molecular flexibility index (Phi) is 10.6. The number of nitrogens with zero attached hydrogens (tertiary/aromatic N) is 5. The number of para-hydroxylation sites is 1. The largest absolute Gasteiger partial charge is 0.436 e. The molecule has 10 nitrogen and oxygen atoms in total. The highest BCUT2D eigenvalue weighted by atomic mass is 79.9. The molecule has 1 N–H and O–H groups in total. The lowest BCUT2D eigenvalue weighted by molar-refractivity contribution is -0.142. The molecule has 2 aromatic rings. The Balaban J connectivity index is 0.951. The third-order valence-electron chi connectivity index (χ3n) is 10.9. The minimum Gasteiger partial charge on any atom is -0.436 e. The number of piperidine rings is 2. The summed E-state index contributed by atoms with van der Waals surface area (Å²) in [5.41, 5.74) is 2.93. The van der Waals surface area contributed by atoms with E-state index in [2.05, 4.69) is 53.0 Å². The number of halogens is 2. The average Bonchev–Trinajstić information content (AvgIpc) is 3.97. The molecular weight excluding hydrogens is 740 g/mol. The van der Waals surface area contributed by atoms with Crippen molar-refractivity contribution in [1.29, 1.82) is 0 Å². The Morgan fingerprint density at radius 2 is 1.38 bits per heavy atom. The van der Waals surface area contributed by atoms with E-state index in [1.165, 1.54) is 12.8 Å². The molecule has 0 bridgehead atoms. The molecule has 0 radical (unpaired) electrons. The van der Waals surface area contributed by atoms with Gasteiger partial charge < -0.3 is 24.8 Å². The first-order valence-electron chi connectivity index (χ1n) is 17.6. The lowest BCUT2D eigenvalue weighted by atomic mass is 10.0. The maximum atomic E-state index is 14.0. The zero-order chi connectivity index (χ0) is 33.2. The minimum absolute atomic E-state index is 0.0406. The van der Waals surface area contributed by atoms with Crippen LogP contribution in [0.2, 0.25) is 0 Å². The summed E-state index contributed by atoms with van der Waals surface area (Å²) in [6.07, 6.45) is 5.68. The minimum atomic E-state index is -0.906. The van der Waals surface area contributed by atoms with Crippen molar-refractivity contribution in [3.05, 3.63) is 62.5 Å². The van der Waals surface area contributed by atoms with Crippen LogP contribution in [-0.4, -0.2) is 126 Å². The SMILES string of the molecule is O=C(OC(Cc1ccc(Br)c(Br)c1)C(=O)N1CCC(N2CCN(C3CC3)CC2)CC1)N1CCC(N2CCc3ccccc3NC2=O)CC1. The van der Waals surface area contributed by atoms with E-state index in [9.17, 15) is 14.4 Å². The number of ether oxygens (including phenoxy) is 1. The van der Waals surface area contributed by atoms with Crippen molar-refractivity contribution in [2.75, 3.05) is 64.2 Å². The predicted octanol–water partition coefficient (Wildman–Crippen LogP) is 5.58. The fraction of sp³-hybridized carbons (Fsp3) is 0.583. The predicted molar refractivity (Wildman–Crippen MR) is 192 cm³/mol. The van der Waals surface area contributed by atoms with E-state index >= 15 is 0 Å². The number of amides is 4. The lowest BCUT2D eigenvalue weighted by Crippen LogP contribution is -2.55. The number of carbonyl (C=O) groups excluding carboxylic acids is 3. The number of urea groups is 1. The molecule has 4 aliphatic heterocycles. The van der Waals surface area contributed by atoms with Crippen LogP contribution in [0, 0.1) is 0 Å². The molecule has 1 atom stereocenters. The number of carbonyl (C=O) groups is 3. The molecule has 12 heteroatoms. The zero-order valence-corrected chi connectivity index (χ0v) is 30.7. The molecule has 4 amide bonds. The van der Waals surface area contributed by atoms with E-state index < -0.39 is 12.2 Å². The van der Waals surface area contributed by atoms with E-state index in [0.717, 1.165) is 77.2 Å². The first-order chi connectivity index (χ1) is 23.3. The van der Waals surface area contributed by atoms with Crippen molar-refractivity contribution in [2.45, 2.75) is 75.6 Å². The fourth-order valence-corrected chi connectivity index (χ4v) is 8.59. The maximum absolute atomic E-state index is 14.0. The van der Waals surface area contributed by atoms with Crippen molar-refractivity contribution in [1.82, 2.24) is 24.5 Å². The van der Waals surface area contributed by atoms with E-state index in [1.54, 1.807) is 4.90 Å². The second kappa shape index (κ2) is 15.1. The fourth-order valence-electron chi connectivity index (χ4n) is 7.92. The molecule has 1 saturated carbocycles. The third kappa shape index (κ3) is 7.87. The van der Waals surface area contributed by atoms with Crippen LogP contribution in [0.1, 0.15) is 49.7 Å². The summed E-state index contributed by atoms with van der Waals surface area (Å²) in [5.74, 6) is -0.116. The van der Waals surface area contributed by atoms with Crippen LogP contribution < -0.4 is 5.32 Å². The van der Waals surface area contributed by atoms with Crippen molar-refractivity contribution < 1.29 is 19.1 Å². The summed E-state index contributed by atoms with van der Waals surface area (Å²) in [5, 5.41) is 3.06. The van der Waals surface area contributed by atoms with Gasteiger partial charge in [0.2, 0.25) is 0 Å². The topological polar surface area (TPSA) is 88.7 Å². The van der Waals surface area contributed by atoms with Crippen LogP contribution in [0.5, 0.6) is 0 Å². The van der Waals surface area contributed by atoms with Gasteiger partial charge in [0.1, 0.15) is 0 Å². The molecule has 7 rings (SSSR count). The zero-order valence-electron chi connectivity index (χ0n) is 27.5. The van der Waals surface area contributed by atoms with Gasteiger partial charge in [0.25, 0.3) is 5.91 Å². The highest BCUT2D eigenvalue weighted by molar-refractivity contribution is 9.13. The Morgan fingerprint density at radius 3 is 2.04 bits per heavy atom. The molecule has 1 aliphatic carbocycles. The van der Waals surface area contributed by atoms with E-state index in [-0.39, 0.29) is 18.0 Å². The van der Waals surface area contributed by atoms with Crippen LogP contribution in [0.4, 0.5) is 15.3 Å². The number of hydrogen-bond donors (Lipinski definition) is 1. The number of nitrogens with one attached hydrogen (secondary N) is 1. The molecule has 4 heterocycles. The van der Waals surface area contributed by atoms with Gasteiger partial charge in [0.15, 0.2) is 6.10 Å². The maximum Gasteiger partial charge on any atom is 0.410 e. The quantitative estimate of drug-likeness (QED) is 0.395. The highest BCUT2D eigenvalue weighted by Crippen LogP contribution is 2.30. The van der Waals surface area contributed by atoms with Crippen LogP contribution >= 0.6 is 31.9 Å². The number of piperazine rings is 1. The standard InChI is InChI=1S/C36H46Br2N6O4/c37-30-8-5-25(23-31(30)38)24-33(34(45)42-14-10-28(11-15-42)41-21-19-40(20-22-41)27-6-7-27)48-36(47)43-16-12-29(13-17-43)44-18-9-26-3-1-2-4-32(26)39-35(44)46/h1-5,8,23,27-29,33H,6-7,9-22,24H2,(H,39,46). The molecular formula is C36H46Br2N6O4. The second-order valence-electron chi connectivity index (χ2n) is 13.9. The Labute approximate surface area is 300 Å². The van der Waals surface area contributed by atoms with E-state index in [1.807, 2.05) is 46.2 Å². The summed E-state index contributed by atoms with van der Waals surface area (Å²) in [7, 11) is 0. The summed E-state index contributed by atoms with van der Waals surface area (Å²) < 4.78 is 7.90. The van der Waals surface area contributed by atoms with Gasteiger partial charge in [-0.15, -0.1) is 0 Å². The van der Waals surface area contributed by atoms with Crippen molar-refractivity contribution in [2.24, 2.45) is 0 Å². The molecule has 5 aliphatic rings. The number of benzene rings is 2. The molecule has 3 saturated heterocycles. The van der Waals surface area contributed by atoms with Gasteiger partial charge in [-0.3, -0.25) is 14.6 Å². The van der Waals surface area contributed by atoms with Gasteiger partial charge in [0, 0.05) is 98.1 Å². The molecule has 4 fully saturated rings. The van der Waals surface area contributed by atoms with Gasteiger partial charge in [-0.2, -0.15) is 0 Å². The number of hydrogen-bond acceptors (Lipinski definition) is 6. The Hall–Kier alpha value is -2.67. The molecule has 48 heavy (non-hydrogen) atoms. The van der Waals surface area contributed by atoms with Crippen LogP contribution in [0.15, 0.2) is 51.4 Å². The first-order valence-corrected chi connectivity index (χ1v) is 19.2. The summed E-state index contributed by atoms with van der Waals surface area (Å²) >= 11 is 7.11.